The summed E-state index contributed by atoms with van der Waals surface area (Å²) in [6.45, 7) is 0.516. The van der Waals surface area contributed by atoms with E-state index in [1.165, 1.54) is 0 Å². The number of aromatic nitrogens is 1. The Labute approximate surface area is 141 Å². The van der Waals surface area contributed by atoms with E-state index in [1.54, 1.807) is 34.5 Å². The Hall–Kier alpha value is -2.12. The number of nitrogens with zero attached hydrogens (tertiary/aromatic N) is 2. The number of rotatable bonds is 3. The molecule has 0 saturated carbocycles. The molecule has 1 atom stereocenters. The van der Waals surface area contributed by atoms with Crippen LogP contribution in [0.15, 0.2) is 41.4 Å². The summed E-state index contributed by atoms with van der Waals surface area (Å²) in [6, 6.07) is 8.64. The molecule has 1 saturated heterocycles. The maximum Gasteiger partial charge on any atom is 0.243 e. The minimum atomic E-state index is -3.59. The first-order valence-electron chi connectivity index (χ1n) is 8.03. The second-order valence-electron chi connectivity index (χ2n) is 6.32. The average Bonchev–Trinajstić information content (AvgIpc) is 3.28. The van der Waals surface area contributed by atoms with E-state index in [1.807, 2.05) is 18.3 Å². The fourth-order valence-electron chi connectivity index (χ4n) is 3.63. The van der Waals surface area contributed by atoms with E-state index in [-0.39, 0.29) is 23.3 Å². The maximum atomic E-state index is 13.1. The van der Waals surface area contributed by atoms with Crippen molar-refractivity contribution in [2.45, 2.75) is 30.2 Å². The lowest BCUT2D eigenvalue weighted by Crippen LogP contribution is -2.31. The molecule has 0 bridgehead atoms. The monoisotopic (exact) mass is 345 g/mol. The molecule has 2 aromatic rings. The van der Waals surface area contributed by atoms with E-state index in [0.29, 0.717) is 6.54 Å². The zero-order valence-corrected chi connectivity index (χ0v) is 14.2. The van der Waals surface area contributed by atoms with Gasteiger partial charge in [-0.05, 0) is 48.7 Å². The number of carbonyl (C=O) groups is 1. The van der Waals surface area contributed by atoms with Crippen LogP contribution < -0.4 is 4.90 Å². The molecule has 4 rings (SSSR count). The van der Waals surface area contributed by atoms with Crippen molar-refractivity contribution in [1.29, 1.82) is 0 Å². The highest BCUT2D eigenvalue weighted by atomic mass is 32.2. The fourth-order valence-corrected chi connectivity index (χ4v) is 5.36. The molecule has 126 valence electrons. The molecule has 24 heavy (non-hydrogen) atoms. The zero-order valence-electron chi connectivity index (χ0n) is 13.4. The first kappa shape index (κ1) is 15.4. The number of sulfonamides is 1. The van der Waals surface area contributed by atoms with Crippen molar-refractivity contribution >= 4 is 21.6 Å². The van der Waals surface area contributed by atoms with E-state index in [9.17, 15) is 13.2 Å². The first-order valence-corrected chi connectivity index (χ1v) is 9.47. The minimum absolute atomic E-state index is 0.00928. The number of benzene rings is 1. The van der Waals surface area contributed by atoms with Gasteiger partial charge in [0, 0.05) is 31.2 Å². The molecule has 1 N–H and O–H groups in total. The third-order valence-corrected chi connectivity index (χ3v) is 6.82. The van der Waals surface area contributed by atoms with Gasteiger partial charge in [-0.3, -0.25) is 4.79 Å². The van der Waals surface area contributed by atoms with Crippen LogP contribution in [0.5, 0.6) is 0 Å². The van der Waals surface area contributed by atoms with Gasteiger partial charge in [-0.1, -0.05) is 0 Å². The summed E-state index contributed by atoms with van der Waals surface area (Å²) in [5.74, 6) is -0.00928. The Morgan fingerprint density at radius 3 is 2.83 bits per heavy atom. The van der Waals surface area contributed by atoms with Gasteiger partial charge in [0.25, 0.3) is 0 Å². The summed E-state index contributed by atoms with van der Waals surface area (Å²) in [7, 11) is -1.87. The van der Waals surface area contributed by atoms with Gasteiger partial charge in [-0.2, -0.15) is 4.31 Å². The van der Waals surface area contributed by atoms with Crippen LogP contribution in [0.4, 0.5) is 5.69 Å². The third kappa shape index (κ3) is 2.27. The van der Waals surface area contributed by atoms with Crippen LogP contribution in [-0.4, -0.2) is 37.2 Å². The van der Waals surface area contributed by atoms with Crippen molar-refractivity contribution in [2.75, 3.05) is 18.5 Å². The van der Waals surface area contributed by atoms with Crippen LogP contribution >= 0.6 is 0 Å². The SMILES string of the molecule is CN1C(=O)Cc2cc(S(=O)(=O)N3CCCC3c3ccc[nH]3)ccc21. The number of H-pyrrole nitrogens is 1. The molecule has 0 radical (unpaired) electrons. The molecule has 1 fully saturated rings. The highest BCUT2D eigenvalue weighted by molar-refractivity contribution is 7.89. The Morgan fingerprint density at radius 2 is 2.08 bits per heavy atom. The Bertz CT molecular complexity index is 890. The number of aromatic amines is 1. The Kier molecular flexibility index (Phi) is 3.51. The van der Waals surface area contributed by atoms with Crippen molar-refractivity contribution in [1.82, 2.24) is 9.29 Å². The van der Waals surface area contributed by atoms with Crippen LogP contribution in [0.1, 0.15) is 30.1 Å². The second-order valence-corrected chi connectivity index (χ2v) is 8.21. The van der Waals surface area contributed by atoms with Gasteiger partial charge in [-0.25, -0.2) is 8.42 Å². The maximum absolute atomic E-state index is 13.1. The largest absolute Gasteiger partial charge is 0.364 e. The molecule has 2 aliphatic rings. The molecule has 0 spiro atoms. The predicted octanol–water partition coefficient (Wildman–Crippen LogP) is 2.06. The molecular weight excluding hydrogens is 326 g/mol. The minimum Gasteiger partial charge on any atom is -0.364 e. The van der Waals surface area contributed by atoms with Gasteiger partial charge < -0.3 is 9.88 Å². The summed E-state index contributed by atoms with van der Waals surface area (Å²) < 4.78 is 27.8. The second kappa shape index (κ2) is 5.46. The van der Waals surface area contributed by atoms with Crippen LogP contribution in [0.25, 0.3) is 0 Å². The van der Waals surface area contributed by atoms with Crippen LogP contribution in [0.3, 0.4) is 0 Å². The molecule has 7 heteroatoms. The molecular formula is C17H19N3O3S. The fraction of sp³-hybridized carbons (Fsp3) is 0.353. The van der Waals surface area contributed by atoms with E-state index < -0.39 is 10.0 Å². The molecule has 1 unspecified atom stereocenters. The number of amides is 1. The van der Waals surface area contributed by atoms with Gasteiger partial charge in [0.2, 0.25) is 15.9 Å². The number of carbonyl (C=O) groups excluding carboxylic acids is 1. The molecule has 2 aliphatic heterocycles. The van der Waals surface area contributed by atoms with Crippen LogP contribution in [0, 0.1) is 0 Å². The van der Waals surface area contributed by atoms with Gasteiger partial charge in [0.1, 0.15) is 0 Å². The molecule has 0 aliphatic carbocycles. The van der Waals surface area contributed by atoms with Crippen molar-refractivity contribution in [3.8, 4) is 0 Å². The summed E-state index contributed by atoms with van der Waals surface area (Å²) >= 11 is 0. The third-order valence-electron chi connectivity index (χ3n) is 4.92. The summed E-state index contributed by atoms with van der Waals surface area (Å²) in [4.78, 5) is 16.8. The van der Waals surface area contributed by atoms with E-state index in [0.717, 1.165) is 29.8 Å². The summed E-state index contributed by atoms with van der Waals surface area (Å²) in [5, 5.41) is 0. The van der Waals surface area contributed by atoms with Gasteiger partial charge in [-0.15, -0.1) is 0 Å². The number of nitrogens with one attached hydrogen (secondary N) is 1. The molecule has 1 amide bonds. The normalized spacial score (nSPS) is 21.5. The number of fused-ring (bicyclic) bond motifs is 1. The van der Waals surface area contributed by atoms with Gasteiger partial charge >= 0.3 is 0 Å². The van der Waals surface area contributed by atoms with Crippen LogP contribution in [-0.2, 0) is 21.2 Å². The smallest absolute Gasteiger partial charge is 0.243 e. The van der Waals surface area contributed by atoms with Crippen molar-refractivity contribution < 1.29 is 13.2 Å². The topological polar surface area (TPSA) is 73.5 Å². The lowest BCUT2D eigenvalue weighted by atomic mass is 10.2. The Balaban J connectivity index is 1.71. The predicted molar refractivity (Wildman–Crippen MR) is 90.2 cm³/mol. The van der Waals surface area contributed by atoms with E-state index in [4.69, 9.17) is 0 Å². The number of likely N-dealkylation sites (N-methyl/N-ethyl adjacent to an activating group) is 1. The average molecular weight is 345 g/mol. The first-order chi connectivity index (χ1) is 11.5. The number of anilines is 1. The highest BCUT2D eigenvalue weighted by Crippen LogP contribution is 2.37. The standard InChI is InChI=1S/C17H19N3O3S/c1-19-15-7-6-13(10-12(15)11-17(19)21)24(22,23)20-9-3-5-16(20)14-4-2-8-18-14/h2,4,6-8,10,16,18H,3,5,9,11H2,1H3. The van der Waals surface area contributed by atoms with E-state index in [2.05, 4.69) is 4.98 Å². The zero-order chi connectivity index (χ0) is 16.9. The van der Waals surface area contributed by atoms with Gasteiger partial charge in [0.15, 0.2) is 0 Å². The lowest BCUT2D eigenvalue weighted by molar-refractivity contribution is -0.117. The van der Waals surface area contributed by atoms with E-state index >= 15 is 0 Å². The highest BCUT2D eigenvalue weighted by Gasteiger charge is 2.37. The quantitative estimate of drug-likeness (QED) is 0.925. The number of hydrogen-bond acceptors (Lipinski definition) is 3. The van der Waals surface area contributed by atoms with Crippen molar-refractivity contribution in [2.24, 2.45) is 0 Å². The molecule has 1 aromatic heterocycles. The molecule has 3 heterocycles. The Morgan fingerprint density at radius 1 is 1.25 bits per heavy atom. The number of hydrogen-bond donors (Lipinski definition) is 1. The van der Waals surface area contributed by atoms with Crippen LogP contribution in [0.2, 0.25) is 0 Å². The summed E-state index contributed by atoms with van der Waals surface area (Å²) in [5.41, 5.74) is 2.49. The van der Waals surface area contributed by atoms with Crippen molar-refractivity contribution in [3.63, 3.8) is 0 Å². The van der Waals surface area contributed by atoms with Crippen molar-refractivity contribution in [3.05, 3.63) is 47.8 Å². The molecule has 1 aromatic carbocycles. The lowest BCUT2D eigenvalue weighted by Gasteiger charge is -2.23. The summed E-state index contributed by atoms with van der Waals surface area (Å²) in [6.07, 6.45) is 3.73. The molecule has 6 nitrogen and oxygen atoms in total. The van der Waals surface area contributed by atoms with Gasteiger partial charge in [0.05, 0.1) is 17.4 Å².